The second-order valence-electron chi connectivity index (χ2n) is 3.55. The standard InChI is InChI=1S/C9H16N2O/c1-5-11-7(2)6-8(10-11)9(3,4)12/h6,12H,5H2,1-4H3. The minimum atomic E-state index is -0.828. The molecule has 0 aliphatic carbocycles. The number of rotatable bonds is 2. The van der Waals surface area contributed by atoms with Crippen molar-refractivity contribution in [3.8, 4) is 0 Å². The van der Waals surface area contributed by atoms with E-state index in [4.69, 9.17) is 0 Å². The Morgan fingerprint density at radius 2 is 2.17 bits per heavy atom. The molecular formula is C9H16N2O. The maximum Gasteiger partial charge on any atom is 0.103 e. The lowest BCUT2D eigenvalue weighted by atomic mass is 10.1. The first-order valence-corrected chi connectivity index (χ1v) is 4.22. The minimum Gasteiger partial charge on any atom is -0.384 e. The zero-order chi connectivity index (χ0) is 9.35. The van der Waals surface area contributed by atoms with Crippen LogP contribution < -0.4 is 0 Å². The monoisotopic (exact) mass is 168 g/mol. The lowest BCUT2D eigenvalue weighted by molar-refractivity contribution is 0.0731. The third-order valence-electron chi connectivity index (χ3n) is 1.91. The Hall–Kier alpha value is -0.830. The summed E-state index contributed by atoms with van der Waals surface area (Å²) in [5.41, 5.74) is 1.00. The summed E-state index contributed by atoms with van der Waals surface area (Å²) in [5, 5.41) is 13.9. The predicted octanol–water partition coefficient (Wildman–Crippen LogP) is 1.44. The number of hydrogen-bond donors (Lipinski definition) is 1. The molecule has 1 heterocycles. The third-order valence-corrected chi connectivity index (χ3v) is 1.91. The fourth-order valence-electron chi connectivity index (χ4n) is 1.13. The van der Waals surface area contributed by atoms with Gasteiger partial charge in [0.25, 0.3) is 0 Å². The van der Waals surface area contributed by atoms with Gasteiger partial charge in [0.2, 0.25) is 0 Å². The number of nitrogens with zero attached hydrogens (tertiary/aromatic N) is 2. The fraction of sp³-hybridized carbons (Fsp3) is 0.667. The molecule has 1 rings (SSSR count). The SMILES string of the molecule is CCn1nc(C(C)(C)O)cc1C. The maximum absolute atomic E-state index is 9.65. The molecule has 0 spiro atoms. The highest BCUT2D eigenvalue weighted by molar-refractivity contribution is 5.14. The van der Waals surface area contributed by atoms with Crippen LogP contribution in [0.5, 0.6) is 0 Å². The van der Waals surface area contributed by atoms with E-state index in [-0.39, 0.29) is 0 Å². The molecule has 1 aromatic rings. The Labute approximate surface area is 73.0 Å². The zero-order valence-corrected chi connectivity index (χ0v) is 8.13. The van der Waals surface area contributed by atoms with E-state index in [0.717, 1.165) is 17.9 Å². The number of aromatic nitrogens is 2. The molecule has 0 amide bonds. The van der Waals surface area contributed by atoms with E-state index in [1.807, 2.05) is 24.6 Å². The van der Waals surface area contributed by atoms with Gasteiger partial charge in [-0.05, 0) is 33.8 Å². The second kappa shape index (κ2) is 2.90. The number of aliphatic hydroxyl groups is 1. The Balaban J connectivity index is 3.05. The maximum atomic E-state index is 9.65. The van der Waals surface area contributed by atoms with Crippen molar-refractivity contribution in [2.75, 3.05) is 0 Å². The summed E-state index contributed by atoms with van der Waals surface area (Å²) in [6, 6.07) is 1.92. The van der Waals surface area contributed by atoms with Crippen molar-refractivity contribution >= 4 is 0 Å². The highest BCUT2D eigenvalue weighted by Gasteiger charge is 2.19. The minimum absolute atomic E-state index is 0.738. The molecule has 3 heteroatoms. The first kappa shape index (κ1) is 9.26. The van der Waals surface area contributed by atoms with Gasteiger partial charge in [0.1, 0.15) is 5.60 Å². The van der Waals surface area contributed by atoms with Crippen molar-refractivity contribution < 1.29 is 5.11 Å². The molecule has 0 radical (unpaired) electrons. The molecule has 0 saturated carbocycles. The zero-order valence-electron chi connectivity index (χ0n) is 8.13. The van der Waals surface area contributed by atoms with Crippen molar-refractivity contribution in [2.24, 2.45) is 0 Å². The lowest BCUT2D eigenvalue weighted by Crippen LogP contribution is -2.16. The van der Waals surface area contributed by atoms with Gasteiger partial charge in [0.15, 0.2) is 0 Å². The summed E-state index contributed by atoms with van der Waals surface area (Å²) in [4.78, 5) is 0. The first-order chi connectivity index (χ1) is 5.45. The van der Waals surface area contributed by atoms with Crippen LogP contribution in [0.3, 0.4) is 0 Å². The molecule has 3 nitrogen and oxygen atoms in total. The summed E-state index contributed by atoms with van der Waals surface area (Å²) < 4.78 is 1.88. The predicted molar refractivity (Wildman–Crippen MR) is 47.9 cm³/mol. The molecule has 0 aliphatic heterocycles. The van der Waals surface area contributed by atoms with Crippen molar-refractivity contribution in [2.45, 2.75) is 39.8 Å². The van der Waals surface area contributed by atoms with Crippen LogP contribution in [0, 0.1) is 6.92 Å². The van der Waals surface area contributed by atoms with Gasteiger partial charge in [-0.2, -0.15) is 5.10 Å². The Kier molecular flexibility index (Phi) is 2.24. The van der Waals surface area contributed by atoms with Gasteiger partial charge in [-0.3, -0.25) is 4.68 Å². The molecule has 12 heavy (non-hydrogen) atoms. The van der Waals surface area contributed by atoms with Crippen molar-refractivity contribution in [3.63, 3.8) is 0 Å². The topological polar surface area (TPSA) is 38.0 Å². The molecule has 0 saturated heterocycles. The van der Waals surface area contributed by atoms with Crippen LogP contribution in [-0.4, -0.2) is 14.9 Å². The molecule has 0 aliphatic rings. The molecule has 0 fully saturated rings. The summed E-state index contributed by atoms with van der Waals surface area (Å²) in [7, 11) is 0. The van der Waals surface area contributed by atoms with Gasteiger partial charge >= 0.3 is 0 Å². The van der Waals surface area contributed by atoms with Crippen LogP contribution in [0.15, 0.2) is 6.07 Å². The largest absolute Gasteiger partial charge is 0.384 e. The Bertz CT molecular complexity index is 271. The quantitative estimate of drug-likeness (QED) is 0.725. The average Bonchev–Trinajstić information content (AvgIpc) is 2.29. The molecule has 0 aromatic carbocycles. The summed E-state index contributed by atoms with van der Waals surface area (Å²) in [6.45, 7) is 8.37. The number of aryl methyl sites for hydroxylation is 2. The van der Waals surface area contributed by atoms with Gasteiger partial charge in [0.05, 0.1) is 5.69 Å². The Morgan fingerprint density at radius 1 is 1.58 bits per heavy atom. The van der Waals surface area contributed by atoms with Crippen molar-refractivity contribution in [1.29, 1.82) is 0 Å². The summed E-state index contributed by atoms with van der Waals surface area (Å²) >= 11 is 0. The van der Waals surface area contributed by atoms with E-state index in [9.17, 15) is 5.11 Å². The highest BCUT2D eigenvalue weighted by atomic mass is 16.3. The van der Waals surface area contributed by atoms with Crippen LogP contribution in [0.25, 0.3) is 0 Å². The molecule has 68 valence electrons. The van der Waals surface area contributed by atoms with Gasteiger partial charge in [-0.15, -0.1) is 0 Å². The van der Waals surface area contributed by atoms with Crippen molar-refractivity contribution in [1.82, 2.24) is 9.78 Å². The van der Waals surface area contributed by atoms with Crippen LogP contribution >= 0.6 is 0 Å². The van der Waals surface area contributed by atoms with E-state index in [1.165, 1.54) is 0 Å². The van der Waals surface area contributed by atoms with E-state index in [1.54, 1.807) is 13.8 Å². The summed E-state index contributed by atoms with van der Waals surface area (Å²) in [6.07, 6.45) is 0. The van der Waals surface area contributed by atoms with Gasteiger partial charge in [-0.25, -0.2) is 0 Å². The molecule has 0 atom stereocenters. The lowest BCUT2D eigenvalue weighted by Gasteiger charge is -2.12. The van der Waals surface area contributed by atoms with E-state index in [2.05, 4.69) is 5.10 Å². The van der Waals surface area contributed by atoms with Gasteiger partial charge in [-0.1, -0.05) is 0 Å². The average molecular weight is 168 g/mol. The molecule has 0 unspecified atom stereocenters. The second-order valence-corrected chi connectivity index (χ2v) is 3.55. The normalized spacial score (nSPS) is 12.1. The molecule has 1 aromatic heterocycles. The summed E-state index contributed by atoms with van der Waals surface area (Å²) in [5.74, 6) is 0. The van der Waals surface area contributed by atoms with Crippen LogP contribution in [0.2, 0.25) is 0 Å². The molecule has 0 bridgehead atoms. The molecule has 1 N–H and O–H groups in total. The third kappa shape index (κ3) is 1.67. The number of hydrogen-bond acceptors (Lipinski definition) is 2. The highest BCUT2D eigenvalue weighted by Crippen LogP contribution is 2.18. The van der Waals surface area contributed by atoms with Gasteiger partial charge < -0.3 is 5.11 Å². The first-order valence-electron chi connectivity index (χ1n) is 4.22. The molecular weight excluding hydrogens is 152 g/mol. The van der Waals surface area contributed by atoms with E-state index in [0.29, 0.717) is 0 Å². The van der Waals surface area contributed by atoms with Crippen LogP contribution in [0.1, 0.15) is 32.2 Å². The fourth-order valence-corrected chi connectivity index (χ4v) is 1.13. The van der Waals surface area contributed by atoms with Crippen LogP contribution in [0.4, 0.5) is 0 Å². The van der Waals surface area contributed by atoms with E-state index < -0.39 is 5.60 Å². The smallest absolute Gasteiger partial charge is 0.103 e. The van der Waals surface area contributed by atoms with Crippen molar-refractivity contribution in [3.05, 3.63) is 17.5 Å². The van der Waals surface area contributed by atoms with Crippen LogP contribution in [-0.2, 0) is 12.1 Å². The Morgan fingerprint density at radius 3 is 2.42 bits per heavy atom. The van der Waals surface area contributed by atoms with E-state index >= 15 is 0 Å². The van der Waals surface area contributed by atoms with Gasteiger partial charge in [0, 0.05) is 12.2 Å².